The lowest BCUT2D eigenvalue weighted by molar-refractivity contribution is -0.185. The molecule has 2 nitrogen and oxygen atoms in total. The molecule has 0 aromatic heterocycles. The Morgan fingerprint density at radius 3 is 1.89 bits per heavy atom. The zero-order chi connectivity index (χ0) is 26.3. The van der Waals surface area contributed by atoms with Gasteiger partial charge in [-0.15, -0.1) is 0 Å². The van der Waals surface area contributed by atoms with Crippen LogP contribution in [0.3, 0.4) is 0 Å². The molecule has 6 heteroatoms. The van der Waals surface area contributed by atoms with Gasteiger partial charge in [0.1, 0.15) is 11.5 Å². The van der Waals surface area contributed by atoms with Crippen molar-refractivity contribution >= 4 is 0 Å². The molecule has 0 N–H and O–H groups in total. The first kappa shape index (κ1) is 27.8. The molecule has 2 fully saturated rings. The van der Waals surface area contributed by atoms with Crippen molar-refractivity contribution in [3.63, 3.8) is 0 Å². The fourth-order valence-electron chi connectivity index (χ4n) is 6.40. The lowest BCUT2D eigenvalue weighted by Crippen LogP contribution is -2.25. The molecule has 0 spiro atoms. The molecule has 204 valence electrons. The minimum Gasteiger partial charge on any atom is -0.435 e. The molecule has 0 aliphatic heterocycles. The number of hydrogen-bond donors (Lipinski definition) is 0. The highest BCUT2D eigenvalue weighted by atomic mass is 19.3. The van der Waals surface area contributed by atoms with Gasteiger partial charge in [0.2, 0.25) is 0 Å². The van der Waals surface area contributed by atoms with Crippen LogP contribution < -0.4 is 9.47 Å². The second-order valence-corrected chi connectivity index (χ2v) is 11.0. The molecule has 0 bridgehead atoms. The fourth-order valence-corrected chi connectivity index (χ4v) is 6.40. The predicted octanol–water partition coefficient (Wildman–Crippen LogP) is 10.1. The summed E-state index contributed by atoms with van der Waals surface area (Å²) in [6, 6.07) is 11.2. The van der Waals surface area contributed by atoms with E-state index in [1.54, 1.807) is 12.1 Å². The maximum atomic E-state index is 14.7. The number of hydrogen-bond acceptors (Lipinski definition) is 2. The lowest BCUT2D eigenvalue weighted by Gasteiger charge is -2.38. The van der Waals surface area contributed by atoms with E-state index in [4.69, 9.17) is 4.74 Å². The molecule has 2 aliphatic rings. The monoisotopic (exact) mass is 520 g/mol. The molecule has 0 heterocycles. The zero-order valence-corrected chi connectivity index (χ0v) is 21.8. The molecule has 2 saturated carbocycles. The minimum atomic E-state index is -3.53. The molecule has 2 aliphatic carbocycles. The van der Waals surface area contributed by atoms with Gasteiger partial charge in [-0.05, 0) is 104 Å². The highest BCUT2D eigenvalue weighted by molar-refractivity contribution is 5.33. The Labute approximate surface area is 218 Å². The van der Waals surface area contributed by atoms with Crippen molar-refractivity contribution < 1.29 is 27.0 Å². The summed E-state index contributed by atoms with van der Waals surface area (Å²) >= 11 is 0. The van der Waals surface area contributed by atoms with Gasteiger partial charge in [-0.1, -0.05) is 57.6 Å². The first-order chi connectivity index (χ1) is 17.8. The summed E-state index contributed by atoms with van der Waals surface area (Å²) in [5.41, 5.74) is 0.889. The first-order valence-corrected chi connectivity index (χ1v) is 14.1. The van der Waals surface area contributed by atoms with Gasteiger partial charge >= 0.3 is 12.7 Å². The van der Waals surface area contributed by atoms with Gasteiger partial charge in [0.25, 0.3) is 0 Å². The van der Waals surface area contributed by atoms with E-state index in [2.05, 4.69) is 11.7 Å². The van der Waals surface area contributed by atoms with Crippen LogP contribution in [0.5, 0.6) is 11.5 Å². The number of ether oxygens (including phenoxy) is 2. The lowest BCUT2D eigenvalue weighted by atomic mass is 9.68. The van der Waals surface area contributed by atoms with Gasteiger partial charge in [-0.25, -0.2) is 0 Å². The van der Waals surface area contributed by atoms with Crippen molar-refractivity contribution in [2.24, 2.45) is 17.8 Å². The molecule has 0 atom stereocenters. The number of alkyl halides is 4. The molecule has 0 saturated heterocycles. The Morgan fingerprint density at radius 1 is 0.757 bits per heavy atom. The largest absolute Gasteiger partial charge is 0.435 e. The van der Waals surface area contributed by atoms with Gasteiger partial charge in [0, 0.05) is 0 Å². The van der Waals surface area contributed by atoms with Crippen LogP contribution in [-0.4, -0.2) is 6.61 Å². The summed E-state index contributed by atoms with van der Waals surface area (Å²) in [4.78, 5) is 0. The van der Waals surface area contributed by atoms with E-state index < -0.39 is 12.7 Å². The molecule has 4 rings (SSSR count). The van der Waals surface area contributed by atoms with Crippen molar-refractivity contribution in [1.29, 1.82) is 0 Å². The number of rotatable bonds is 11. The van der Waals surface area contributed by atoms with E-state index in [0.29, 0.717) is 5.92 Å². The Morgan fingerprint density at radius 2 is 1.32 bits per heavy atom. The van der Waals surface area contributed by atoms with Crippen molar-refractivity contribution in [2.45, 2.75) is 103 Å². The Hall–Kier alpha value is -2.24. The predicted molar refractivity (Wildman–Crippen MR) is 138 cm³/mol. The summed E-state index contributed by atoms with van der Waals surface area (Å²) < 4.78 is 63.1. The van der Waals surface area contributed by atoms with Crippen LogP contribution in [0.25, 0.3) is 0 Å². The van der Waals surface area contributed by atoms with Crippen molar-refractivity contribution in [3.05, 3.63) is 59.7 Å². The quantitative estimate of drug-likeness (QED) is 0.217. The van der Waals surface area contributed by atoms with Crippen LogP contribution in [-0.2, 0) is 6.11 Å². The number of benzene rings is 2. The number of unbranched alkanes of at least 4 members (excludes halogenated alkanes) is 2. The third-order valence-corrected chi connectivity index (χ3v) is 8.56. The summed E-state index contributed by atoms with van der Waals surface area (Å²) in [5.74, 6) is 2.83. The van der Waals surface area contributed by atoms with E-state index >= 15 is 0 Å². The van der Waals surface area contributed by atoms with Gasteiger partial charge in [0.05, 0.1) is 5.56 Å². The van der Waals surface area contributed by atoms with Crippen LogP contribution in [0, 0.1) is 17.8 Å². The third-order valence-electron chi connectivity index (χ3n) is 8.56. The molecule has 0 unspecified atom stereocenters. The van der Waals surface area contributed by atoms with Gasteiger partial charge in [0.15, 0.2) is 0 Å². The topological polar surface area (TPSA) is 18.5 Å². The average molecular weight is 521 g/mol. The fraction of sp³-hybridized carbons (Fsp3) is 0.613. The molecule has 37 heavy (non-hydrogen) atoms. The first-order valence-electron chi connectivity index (χ1n) is 14.1. The second-order valence-electron chi connectivity index (χ2n) is 11.0. The number of halogens is 4. The molecule has 0 amide bonds. The highest BCUT2D eigenvalue weighted by Crippen LogP contribution is 2.45. The zero-order valence-electron chi connectivity index (χ0n) is 21.8. The smallest absolute Gasteiger partial charge is 0.426 e. The molecular weight excluding hydrogens is 480 g/mol. The molecule has 2 aromatic rings. The maximum Gasteiger partial charge on any atom is 0.426 e. The van der Waals surface area contributed by atoms with E-state index in [1.165, 1.54) is 101 Å². The Bertz CT molecular complexity index is 929. The summed E-state index contributed by atoms with van der Waals surface area (Å²) in [6.07, 6.45) is 12.2. The van der Waals surface area contributed by atoms with Gasteiger partial charge in [-0.3, -0.25) is 0 Å². The van der Waals surface area contributed by atoms with Crippen LogP contribution in [0.2, 0.25) is 0 Å². The highest BCUT2D eigenvalue weighted by Gasteiger charge is 2.35. The van der Waals surface area contributed by atoms with E-state index in [9.17, 15) is 17.6 Å². The summed E-state index contributed by atoms with van der Waals surface area (Å²) in [6.45, 7) is -0.700. The van der Waals surface area contributed by atoms with E-state index in [-0.39, 0.29) is 17.1 Å². The van der Waals surface area contributed by atoms with Crippen LogP contribution in [0.4, 0.5) is 17.6 Å². The second kappa shape index (κ2) is 13.0. The standard InChI is InChI=1S/C31H40F4O2/c1-2-3-4-5-22-6-8-23(9-7-22)24-10-12-25(13-11-24)26-14-16-27(17-15-26)31(34,35)37-29-20-18-28(19-21-29)36-30(32)33/h14-25,30H,2-13H2,1H3/t22-,23-,24?,25?. The van der Waals surface area contributed by atoms with Crippen LogP contribution >= 0.6 is 0 Å². The van der Waals surface area contributed by atoms with Crippen molar-refractivity contribution in [2.75, 3.05) is 0 Å². The van der Waals surface area contributed by atoms with Gasteiger partial charge in [-0.2, -0.15) is 17.6 Å². The maximum absolute atomic E-state index is 14.7. The summed E-state index contributed by atoms with van der Waals surface area (Å²) in [5, 5.41) is 0. The Kier molecular flexibility index (Phi) is 9.77. The minimum absolute atomic E-state index is 0.111. The summed E-state index contributed by atoms with van der Waals surface area (Å²) in [7, 11) is 0. The van der Waals surface area contributed by atoms with Crippen molar-refractivity contribution in [3.8, 4) is 11.5 Å². The third kappa shape index (κ3) is 7.87. The van der Waals surface area contributed by atoms with Crippen molar-refractivity contribution in [1.82, 2.24) is 0 Å². The molecular formula is C31H40F4O2. The average Bonchev–Trinajstić information content (AvgIpc) is 2.90. The Balaban J connectivity index is 1.25. The van der Waals surface area contributed by atoms with E-state index in [0.717, 1.165) is 36.2 Å². The van der Waals surface area contributed by atoms with E-state index in [1.807, 2.05) is 0 Å². The molecule has 2 aromatic carbocycles. The van der Waals surface area contributed by atoms with Gasteiger partial charge < -0.3 is 9.47 Å². The normalized spacial score (nSPS) is 24.7. The van der Waals surface area contributed by atoms with Crippen LogP contribution in [0.15, 0.2) is 48.5 Å². The molecule has 0 radical (unpaired) electrons. The SMILES string of the molecule is CCCCC[C@H]1CC[C@H](C2CCC(c3ccc(C(F)(F)Oc4ccc(OC(F)F)cc4)cc3)CC2)CC1. The van der Waals surface area contributed by atoms with Crippen LogP contribution in [0.1, 0.15) is 101 Å².